The summed E-state index contributed by atoms with van der Waals surface area (Å²) >= 11 is 0. The number of aliphatic imine (C=N–C) groups is 1. The number of rotatable bonds is 2. The molecule has 0 spiro atoms. The smallest absolute Gasteiger partial charge is 0.210 e. The molecule has 0 aromatic heterocycles. The maximum absolute atomic E-state index is 5.55. The Labute approximate surface area is 114 Å². The summed E-state index contributed by atoms with van der Waals surface area (Å²) in [6.07, 6.45) is 2.14. The Morgan fingerprint density at radius 3 is 2.74 bits per heavy atom. The Balaban J connectivity index is 1.99. The summed E-state index contributed by atoms with van der Waals surface area (Å²) in [4.78, 5) is 7.04. The van der Waals surface area contributed by atoms with Crippen LogP contribution in [0, 0.1) is 0 Å². The van der Waals surface area contributed by atoms with Crippen LogP contribution in [0.2, 0.25) is 0 Å². The van der Waals surface area contributed by atoms with E-state index in [1.807, 2.05) is 30.3 Å². The number of para-hydroxylation sites is 1. The van der Waals surface area contributed by atoms with Crippen LogP contribution in [0.5, 0.6) is 0 Å². The molecular formula is C14H23N5. The van der Waals surface area contributed by atoms with E-state index in [0.717, 1.165) is 25.1 Å². The van der Waals surface area contributed by atoms with Crippen molar-refractivity contribution in [3.05, 3.63) is 30.3 Å². The van der Waals surface area contributed by atoms with Gasteiger partial charge in [-0.05, 0) is 38.9 Å². The summed E-state index contributed by atoms with van der Waals surface area (Å²) in [7, 11) is 2.16. The minimum Gasteiger partial charge on any atom is -0.325 e. The van der Waals surface area contributed by atoms with Crippen molar-refractivity contribution in [2.75, 3.05) is 18.9 Å². The number of hydrogen-bond acceptors (Lipinski definition) is 3. The van der Waals surface area contributed by atoms with Crippen molar-refractivity contribution in [3.8, 4) is 0 Å². The molecule has 1 aliphatic rings. The minimum absolute atomic E-state index is 0.327. The first-order valence-electron chi connectivity index (χ1n) is 6.75. The van der Waals surface area contributed by atoms with Crippen LogP contribution in [0.3, 0.4) is 0 Å². The lowest BCUT2D eigenvalue weighted by Gasteiger charge is -2.33. The Morgan fingerprint density at radius 1 is 1.37 bits per heavy atom. The van der Waals surface area contributed by atoms with Gasteiger partial charge in [0.2, 0.25) is 5.96 Å². The standard InChI is InChI=1S/C14H23N5/c1-11-10-13(8-9-19(11)2)17-14(18-15)16-12-6-4-3-5-7-12/h3-7,11,13H,8-10,15H2,1-2H3,(H2,16,17,18). The predicted octanol–water partition coefficient (Wildman–Crippen LogP) is 1.40. The van der Waals surface area contributed by atoms with Gasteiger partial charge in [0.15, 0.2) is 0 Å². The van der Waals surface area contributed by atoms with Crippen molar-refractivity contribution in [1.82, 2.24) is 10.3 Å². The van der Waals surface area contributed by atoms with E-state index in [2.05, 4.69) is 34.6 Å². The molecule has 2 atom stereocenters. The van der Waals surface area contributed by atoms with Crippen molar-refractivity contribution in [3.63, 3.8) is 0 Å². The maximum Gasteiger partial charge on any atom is 0.210 e. The van der Waals surface area contributed by atoms with E-state index >= 15 is 0 Å². The molecule has 0 bridgehead atoms. The largest absolute Gasteiger partial charge is 0.325 e. The Hall–Kier alpha value is -1.59. The summed E-state index contributed by atoms with van der Waals surface area (Å²) < 4.78 is 0. The number of nitrogens with one attached hydrogen (secondary N) is 2. The molecule has 5 heteroatoms. The summed E-state index contributed by atoms with van der Waals surface area (Å²) in [6, 6.07) is 10.8. The Kier molecular flexibility index (Phi) is 4.76. The number of likely N-dealkylation sites (tertiary alicyclic amines) is 1. The van der Waals surface area contributed by atoms with Gasteiger partial charge in [-0.3, -0.25) is 5.43 Å². The van der Waals surface area contributed by atoms with Gasteiger partial charge in [0.25, 0.3) is 0 Å². The molecule has 104 valence electrons. The van der Waals surface area contributed by atoms with E-state index < -0.39 is 0 Å². The van der Waals surface area contributed by atoms with Crippen molar-refractivity contribution in [2.45, 2.75) is 31.8 Å². The van der Waals surface area contributed by atoms with Crippen LogP contribution in [0.25, 0.3) is 0 Å². The highest BCUT2D eigenvalue weighted by molar-refractivity contribution is 5.93. The summed E-state index contributed by atoms with van der Waals surface area (Å²) in [5.74, 6) is 6.18. The summed E-state index contributed by atoms with van der Waals surface area (Å²) in [6.45, 7) is 3.32. The van der Waals surface area contributed by atoms with Gasteiger partial charge in [-0.25, -0.2) is 10.8 Å². The molecule has 1 saturated heterocycles. The second kappa shape index (κ2) is 6.54. The Morgan fingerprint density at radius 2 is 2.11 bits per heavy atom. The zero-order valence-corrected chi connectivity index (χ0v) is 11.6. The average Bonchev–Trinajstić information content (AvgIpc) is 2.43. The normalized spacial score (nSPS) is 25.1. The van der Waals surface area contributed by atoms with E-state index in [0.29, 0.717) is 18.0 Å². The minimum atomic E-state index is 0.327. The molecule has 0 saturated carbocycles. The van der Waals surface area contributed by atoms with Gasteiger partial charge in [0, 0.05) is 18.3 Å². The third-order valence-corrected chi connectivity index (χ3v) is 3.67. The monoisotopic (exact) mass is 261 g/mol. The van der Waals surface area contributed by atoms with E-state index in [1.165, 1.54) is 0 Å². The lowest BCUT2D eigenvalue weighted by atomic mass is 10.00. The van der Waals surface area contributed by atoms with Gasteiger partial charge < -0.3 is 10.2 Å². The second-order valence-electron chi connectivity index (χ2n) is 5.12. The zero-order chi connectivity index (χ0) is 13.7. The van der Waals surface area contributed by atoms with Crippen molar-refractivity contribution in [2.24, 2.45) is 10.8 Å². The fraction of sp³-hybridized carbons (Fsp3) is 0.500. The molecule has 2 unspecified atom stereocenters. The third kappa shape index (κ3) is 3.94. The van der Waals surface area contributed by atoms with Crippen LogP contribution < -0.4 is 16.6 Å². The van der Waals surface area contributed by atoms with Crippen LogP contribution in [-0.2, 0) is 0 Å². The number of nitrogens with zero attached hydrogens (tertiary/aromatic N) is 2. The number of benzene rings is 1. The fourth-order valence-corrected chi connectivity index (χ4v) is 2.33. The molecular weight excluding hydrogens is 238 g/mol. The highest BCUT2D eigenvalue weighted by Crippen LogP contribution is 2.18. The number of hydrazine groups is 1. The SMILES string of the molecule is CC1CC(N=C(NN)Nc2ccccc2)CCN1C. The zero-order valence-electron chi connectivity index (χ0n) is 11.6. The van der Waals surface area contributed by atoms with Crippen molar-refractivity contribution < 1.29 is 0 Å². The fourth-order valence-electron chi connectivity index (χ4n) is 2.33. The van der Waals surface area contributed by atoms with Crippen molar-refractivity contribution in [1.29, 1.82) is 0 Å². The number of guanidine groups is 1. The summed E-state index contributed by atoms with van der Waals surface area (Å²) in [5, 5.41) is 3.20. The van der Waals surface area contributed by atoms with Gasteiger partial charge >= 0.3 is 0 Å². The molecule has 0 amide bonds. The van der Waals surface area contributed by atoms with Gasteiger partial charge in [-0.15, -0.1) is 0 Å². The van der Waals surface area contributed by atoms with Crippen LogP contribution in [-0.4, -0.2) is 36.5 Å². The number of anilines is 1. The third-order valence-electron chi connectivity index (χ3n) is 3.67. The van der Waals surface area contributed by atoms with E-state index in [9.17, 15) is 0 Å². The number of nitrogens with two attached hydrogens (primary N) is 1. The predicted molar refractivity (Wildman–Crippen MR) is 79.9 cm³/mol. The highest BCUT2D eigenvalue weighted by atomic mass is 15.3. The van der Waals surface area contributed by atoms with E-state index in [1.54, 1.807) is 0 Å². The van der Waals surface area contributed by atoms with Crippen LogP contribution in [0.4, 0.5) is 5.69 Å². The molecule has 2 rings (SSSR count). The first-order chi connectivity index (χ1) is 9.19. The number of piperidine rings is 1. The quantitative estimate of drug-likeness (QED) is 0.326. The average molecular weight is 261 g/mol. The van der Waals surface area contributed by atoms with Gasteiger partial charge in [-0.1, -0.05) is 18.2 Å². The molecule has 1 aliphatic heterocycles. The van der Waals surface area contributed by atoms with E-state index in [-0.39, 0.29) is 0 Å². The highest BCUT2D eigenvalue weighted by Gasteiger charge is 2.22. The Bertz CT molecular complexity index is 417. The first kappa shape index (κ1) is 13.8. The lowest BCUT2D eigenvalue weighted by Crippen LogP contribution is -2.42. The van der Waals surface area contributed by atoms with Gasteiger partial charge in [0.05, 0.1) is 6.04 Å². The summed E-state index contributed by atoms with van der Waals surface area (Å²) in [5.41, 5.74) is 3.64. The maximum atomic E-state index is 5.55. The lowest BCUT2D eigenvalue weighted by molar-refractivity contribution is 0.184. The molecule has 1 heterocycles. The molecule has 5 nitrogen and oxygen atoms in total. The number of hydrogen-bond donors (Lipinski definition) is 3. The van der Waals surface area contributed by atoms with Crippen molar-refractivity contribution >= 4 is 11.6 Å². The molecule has 4 N–H and O–H groups in total. The van der Waals surface area contributed by atoms with Crippen LogP contribution in [0.15, 0.2) is 35.3 Å². The van der Waals surface area contributed by atoms with Gasteiger partial charge in [0.1, 0.15) is 0 Å². The molecule has 1 aromatic rings. The van der Waals surface area contributed by atoms with Gasteiger partial charge in [-0.2, -0.15) is 0 Å². The molecule has 0 radical (unpaired) electrons. The van der Waals surface area contributed by atoms with Crippen LogP contribution in [0.1, 0.15) is 19.8 Å². The topological polar surface area (TPSA) is 65.7 Å². The molecule has 19 heavy (non-hydrogen) atoms. The first-order valence-corrected chi connectivity index (χ1v) is 6.75. The molecule has 0 aliphatic carbocycles. The second-order valence-corrected chi connectivity index (χ2v) is 5.12. The van der Waals surface area contributed by atoms with Crippen LogP contribution >= 0.6 is 0 Å². The van der Waals surface area contributed by atoms with E-state index in [4.69, 9.17) is 5.84 Å². The molecule has 1 fully saturated rings. The molecule has 1 aromatic carbocycles.